The molecule has 39 heavy (non-hydrogen) atoms. The third kappa shape index (κ3) is 7.61. The number of imidazole rings is 1. The van der Waals surface area contributed by atoms with Crippen LogP contribution < -0.4 is 0 Å². The molecule has 0 saturated heterocycles. The Morgan fingerprint density at radius 3 is 2.13 bits per heavy atom. The average molecular weight is 549 g/mol. The summed E-state index contributed by atoms with van der Waals surface area (Å²) in [5, 5.41) is -0.146. The molecule has 0 bridgehead atoms. The number of benzene rings is 3. The van der Waals surface area contributed by atoms with Gasteiger partial charge >= 0.3 is 0 Å². The van der Waals surface area contributed by atoms with E-state index in [1.807, 2.05) is 79.7 Å². The summed E-state index contributed by atoms with van der Waals surface area (Å²) in [7, 11) is -0.121. The van der Waals surface area contributed by atoms with Crippen LogP contribution >= 0.6 is 0 Å². The van der Waals surface area contributed by atoms with Gasteiger partial charge in [-0.3, -0.25) is 4.79 Å². The lowest BCUT2D eigenvalue weighted by atomic mass is 10.1. The summed E-state index contributed by atoms with van der Waals surface area (Å²) in [5.41, 5.74) is 2.46. The molecule has 1 heterocycles. The van der Waals surface area contributed by atoms with Crippen molar-refractivity contribution in [1.29, 1.82) is 0 Å². The predicted octanol–water partition coefficient (Wildman–Crippen LogP) is 4.18. The highest BCUT2D eigenvalue weighted by Gasteiger charge is 2.27. The number of carbonyl (C=O) groups is 1. The lowest BCUT2D eigenvalue weighted by Crippen LogP contribution is -2.37. The van der Waals surface area contributed by atoms with E-state index in [0.717, 1.165) is 11.1 Å². The first-order valence-corrected chi connectivity index (χ1v) is 14.4. The maximum absolute atomic E-state index is 14.3. The molecule has 4 aromatic rings. The minimum atomic E-state index is -4.00. The molecule has 1 amide bonds. The first kappa shape index (κ1) is 28.2. The zero-order chi connectivity index (χ0) is 27.8. The van der Waals surface area contributed by atoms with E-state index in [-0.39, 0.29) is 36.1 Å². The van der Waals surface area contributed by atoms with Crippen molar-refractivity contribution in [3.63, 3.8) is 0 Å². The molecule has 0 saturated carbocycles. The first-order valence-electron chi connectivity index (χ1n) is 12.7. The topological polar surface area (TPSA) is 75.5 Å². The van der Waals surface area contributed by atoms with Crippen LogP contribution in [-0.4, -0.2) is 60.9 Å². The number of hydrogen-bond acceptors (Lipinski definition) is 5. The van der Waals surface area contributed by atoms with Gasteiger partial charge in [-0.15, -0.1) is 0 Å². The number of sulfone groups is 1. The molecule has 0 aliphatic rings. The molecule has 7 nitrogen and oxygen atoms in total. The molecule has 9 heteroatoms. The molecule has 0 unspecified atom stereocenters. The second-order valence-electron chi connectivity index (χ2n) is 9.74. The lowest BCUT2D eigenvalue weighted by molar-refractivity contribution is -0.131. The Hall–Kier alpha value is -3.82. The minimum absolute atomic E-state index is 0.0636. The van der Waals surface area contributed by atoms with Gasteiger partial charge in [-0.25, -0.2) is 17.8 Å². The molecular weight excluding hydrogens is 515 g/mol. The van der Waals surface area contributed by atoms with Crippen molar-refractivity contribution in [1.82, 2.24) is 19.4 Å². The Morgan fingerprint density at radius 2 is 1.49 bits per heavy atom. The highest BCUT2D eigenvalue weighted by molar-refractivity contribution is 7.90. The molecule has 0 N–H and O–H groups in total. The van der Waals surface area contributed by atoms with Gasteiger partial charge in [0.25, 0.3) is 0 Å². The van der Waals surface area contributed by atoms with E-state index < -0.39 is 21.4 Å². The van der Waals surface area contributed by atoms with Gasteiger partial charge in [-0.2, -0.15) is 0 Å². The number of rotatable bonds is 12. The van der Waals surface area contributed by atoms with Crippen LogP contribution in [0.1, 0.15) is 22.4 Å². The quantitative estimate of drug-likeness (QED) is 0.266. The largest absolute Gasteiger partial charge is 0.335 e. The maximum atomic E-state index is 14.3. The number of amides is 1. The van der Waals surface area contributed by atoms with Crippen LogP contribution in [0, 0.1) is 5.82 Å². The average Bonchev–Trinajstić information content (AvgIpc) is 3.31. The van der Waals surface area contributed by atoms with Crippen molar-refractivity contribution in [3.8, 4) is 0 Å². The zero-order valence-corrected chi connectivity index (χ0v) is 23.0. The van der Waals surface area contributed by atoms with Crippen LogP contribution in [0.25, 0.3) is 0 Å². The van der Waals surface area contributed by atoms with Crippen LogP contribution in [-0.2, 0) is 39.9 Å². The van der Waals surface area contributed by atoms with Crippen molar-refractivity contribution in [2.75, 3.05) is 27.2 Å². The Morgan fingerprint density at radius 1 is 0.872 bits per heavy atom. The Balaban J connectivity index is 1.68. The summed E-state index contributed by atoms with van der Waals surface area (Å²) >= 11 is 0. The van der Waals surface area contributed by atoms with E-state index in [4.69, 9.17) is 0 Å². The monoisotopic (exact) mass is 548 g/mol. The third-order valence-corrected chi connectivity index (χ3v) is 7.96. The fraction of sp³-hybridized carbons (Fsp3) is 0.267. The minimum Gasteiger partial charge on any atom is -0.335 e. The molecule has 0 spiro atoms. The lowest BCUT2D eigenvalue weighted by Gasteiger charge is -2.25. The zero-order valence-electron chi connectivity index (χ0n) is 22.2. The smallest absolute Gasteiger partial charge is 0.228 e. The van der Waals surface area contributed by atoms with E-state index >= 15 is 0 Å². The Kier molecular flexibility index (Phi) is 9.27. The molecule has 0 fully saturated rings. The standard InChI is InChI=1S/C30H33FN4O3S/c1-33(2)17-18-34(29(36)19-24-11-5-3-6-12-24)22-27-20-32-30(35(27)21-25-13-7-4-8-14-25)39(37,38)23-26-15-9-10-16-28(26)31/h3-16,20H,17-19,21-23H2,1-2H3. The van der Waals surface area contributed by atoms with E-state index in [2.05, 4.69) is 4.98 Å². The molecule has 4 rings (SSSR count). The van der Waals surface area contributed by atoms with E-state index in [1.165, 1.54) is 24.4 Å². The molecule has 0 radical (unpaired) electrons. The fourth-order valence-corrected chi connectivity index (χ4v) is 5.78. The number of halogens is 1. The van der Waals surface area contributed by atoms with E-state index in [0.29, 0.717) is 18.8 Å². The SMILES string of the molecule is CN(C)CCN(Cc1cnc(S(=O)(=O)Cc2ccccc2F)n1Cc1ccccc1)C(=O)Cc1ccccc1. The van der Waals surface area contributed by atoms with Crippen LogP contribution in [0.2, 0.25) is 0 Å². The summed E-state index contributed by atoms with van der Waals surface area (Å²) < 4.78 is 43.0. The molecule has 0 aliphatic carbocycles. The van der Waals surface area contributed by atoms with Crippen LogP contribution in [0.3, 0.4) is 0 Å². The molecule has 0 atom stereocenters. The summed E-state index contributed by atoms with van der Waals surface area (Å²) in [6.07, 6.45) is 1.75. The second kappa shape index (κ2) is 12.8. The number of aromatic nitrogens is 2. The van der Waals surface area contributed by atoms with Gasteiger partial charge in [-0.1, -0.05) is 78.9 Å². The number of nitrogens with zero attached hydrogens (tertiary/aromatic N) is 4. The molecule has 0 aliphatic heterocycles. The van der Waals surface area contributed by atoms with Crippen LogP contribution in [0.4, 0.5) is 4.39 Å². The number of carbonyl (C=O) groups excluding carboxylic acids is 1. The Bertz CT molecular complexity index is 1490. The predicted molar refractivity (Wildman–Crippen MR) is 149 cm³/mol. The van der Waals surface area contributed by atoms with Crippen molar-refractivity contribution in [3.05, 3.63) is 119 Å². The van der Waals surface area contributed by atoms with Gasteiger partial charge in [0, 0.05) is 18.7 Å². The van der Waals surface area contributed by atoms with Gasteiger partial charge < -0.3 is 14.4 Å². The van der Waals surface area contributed by atoms with Gasteiger partial charge in [0.05, 0.1) is 37.2 Å². The maximum Gasteiger partial charge on any atom is 0.228 e. The summed E-state index contributed by atoms with van der Waals surface area (Å²) in [4.78, 5) is 21.4. The number of hydrogen-bond donors (Lipinski definition) is 0. The van der Waals surface area contributed by atoms with Crippen LogP contribution in [0.5, 0.6) is 0 Å². The first-order chi connectivity index (χ1) is 18.7. The molecule has 1 aromatic heterocycles. The third-order valence-electron chi connectivity index (χ3n) is 6.39. The number of likely N-dealkylation sites (N-methyl/N-ethyl adjacent to an activating group) is 1. The molecule has 204 valence electrons. The van der Waals surface area contributed by atoms with Gasteiger partial charge in [0.1, 0.15) is 5.82 Å². The second-order valence-corrected chi connectivity index (χ2v) is 11.6. The van der Waals surface area contributed by atoms with Gasteiger partial charge in [0.2, 0.25) is 20.9 Å². The highest BCUT2D eigenvalue weighted by atomic mass is 32.2. The molecule has 3 aromatic carbocycles. The fourth-order valence-electron chi connectivity index (χ4n) is 4.28. The summed E-state index contributed by atoms with van der Waals surface area (Å²) in [5.74, 6) is -1.16. The van der Waals surface area contributed by atoms with Gasteiger partial charge in [-0.05, 0) is 31.3 Å². The van der Waals surface area contributed by atoms with Gasteiger partial charge in [0.15, 0.2) is 0 Å². The van der Waals surface area contributed by atoms with Crippen molar-refractivity contribution in [2.45, 2.75) is 30.4 Å². The van der Waals surface area contributed by atoms with Crippen molar-refractivity contribution >= 4 is 15.7 Å². The highest BCUT2D eigenvalue weighted by Crippen LogP contribution is 2.22. The van der Waals surface area contributed by atoms with Crippen molar-refractivity contribution in [2.24, 2.45) is 0 Å². The van der Waals surface area contributed by atoms with Crippen LogP contribution in [0.15, 0.2) is 96.3 Å². The van der Waals surface area contributed by atoms with Crippen molar-refractivity contribution < 1.29 is 17.6 Å². The van der Waals surface area contributed by atoms with E-state index in [1.54, 1.807) is 15.5 Å². The summed E-state index contributed by atoms with van der Waals surface area (Å²) in [6, 6.07) is 24.8. The molecular formula is C30H33FN4O3S. The normalized spacial score (nSPS) is 11.6. The summed E-state index contributed by atoms with van der Waals surface area (Å²) in [6.45, 7) is 1.54. The van der Waals surface area contributed by atoms with E-state index in [9.17, 15) is 17.6 Å². The Labute approximate surface area is 229 Å².